The van der Waals surface area contributed by atoms with Crippen molar-refractivity contribution in [2.45, 2.75) is 18.1 Å². The minimum absolute atomic E-state index is 0.101. The third-order valence-electron chi connectivity index (χ3n) is 2.82. The normalized spacial score (nSPS) is 11.2. The van der Waals surface area contributed by atoms with Crippen LogP contribution in [-0.4, -0.2) is 38.4 Å². The molecule has 0 aliphatic rings. The average molecular weight is 332 g/mol. The van der Waals surface area contributed by atoms with Gasteiger partial charge in [-0.05, 0) is 30.6 Å². The van der Waals surface area contributed by atoms with E-state index in [0.717, 1.165) is 30.0 Å². The first-order valence-electron chi connectivity index (χ1n) is 6.22. The van der Waals surface area contributed by atoms with E-state index in [9.17, 15) is 13.6 Å². The van der Waals surface area contributed by atoms with Crippen molar-refractivity contribution in [1.29, 1.82) is 0 Å². The number of rotatable bonds is 7. The number of carbonyl (C=O) groups is 1. The molecule has 114 valence electrons. The standard InChI is InChI=1S/C13H14F2N2O2S2/c1-20-6-2-5-17-12-9(4-3-8(14)11(12)15)16-13(17)21-7-10(18)19/h3-4H,2,5-7H2,1H3,(H,18,19). The number of benzene rings is 1. The highest BCUT2D eigenvalue weighted by molar-refractivity contribution is 7.99. The molecule has 0 aliphatic heterocycles. The van der Waals surface area contributed by atoms with Crippen molar-refractivity contribution in [3.05, 3.63) is 23.8 Å². The number of nitrogens with zero attached hydrogens (tertiary/aromatic N) is 2. The van der Waals surface area contributed by atoms with Crippen LogP contribution in [0.1, 0.15) is 6.42 Å². The van der Waals surface area contributed by atoms with Gasteiger partial charge in [-0.1, -0.05) is 11.8 Å². The molecule has 0 radical (unpaired) electrons. The Labute approximate surface area is 128 Å². The zero-order valence-electron chi connectivity index (χ0n) is 11.3. The molecule has 0 unspecified atom stereocenters. The van der Waals surface area contributed by atoms with Crippen molar-refractivity contribution < 1.29 is 18.7 Å². The second kappa shape index (κ2) is 7.13. The molecule has 4 nitrogen and oxygen atoms in total. The first-order chi connectivity index (χ1) is 10.0. The van der Waals surface area contributed by atoms with E-state index in [1.165, 1.54) is 6.07 Å². The maximum Gasteiger partial charge on any atom is 0.313 e. The first-order valence-corrected chi connectivity index (χ1v) is 8.60. The lowest BCUT2D eigenvalue weighted by atomic mass is 10.3. The van der Waals surface area contributed by atoms with E-state index in [1.807, 2.05) is 6.26 Å². The Balaban J connectivity index is 2.42. The fourth-order valence-corrected chi connectivity index (χ4v) is 3.12. The molecule has 0 saturated heterocycles. The van der Waals surface area contributed by atoms with Crippen molar-refractivity contribution in [3.63, 3.8) is 0 Å². The molecule has 1 aromatic heterocycles. The number of aliphatic carboxylic acids is 1. The summed E-state index contributed by atoms with van der Waals surface area (Å²) in [5, 5.41) is 9.16. The largest absolute Gasteiger partial charge is 0.481 e. The van der Waals surface area contributed by atoms with Gasteiger partial charge < -0.3 is 9.67 Å². The predicted molar refractivity (Wildman–Crippen MR) is 81.0 cm³/mol. The lowest BCUT2D eigenvalue weighted by Crippen LogP contribution is -2.05. The van der Waals surface area contributed by atoms with Crippen LogP contribution in [0, 0.1) is 11.6 Å². The van der Waals surface area contributed by atoms with Gasteiger partial charge in [0.1, 0.15) is 5.52 Å². The maximum absolute atomic E-state index is 14.0. The molecular weight excluding hydrogens is 318 g/mol. The summed E-state index contributed by atoms with van der Waals surface area (Å²) in [6.07, 6.45) is 2.73. The van der Waals surface area contributed by atoms with Crippen LogP contribution in [0.25, 0.3) is 11.0 Å². The Morgan fingerprint density at radius 3 is 2.86 bits per heavy atom. The van der Waals surface area contributed by atoms with Crippen LogP contribution in [0.4, 0.5) is 8.78 Å². The number of aryl methyl sites for hydroxylation is 1. The molecule has 1 heterocycles. The second-order valence-corrected chi connectivity index (χ2v) is 6.23. The summed E-state index contributed by atoms with van der Waals surface area (Å²) < 4.78 is 29.0. The van der Waals surface area contributed by atoms with E-state index in [-0.39, 0.29) is 11.3 Å². The third-order valence-corrected chi connectivity index (χ3v) is 4.48. The summed E-state index contributed by atoms with van der Waals surface area (Å²) in [6.45, 7) is 0.472. The molecule has 0 bridgehead atoms. The number of hydrogen-bond acceptors (Lipinski definition) is 4. The van der Waals surface area contributed by atoms with Crippen LogP contribution >= 0.6 is 23.5 Å². The Morgan fingerprint density at radius 2 is 2.19 bits per heavy atom. The first kappa shape index (κ1) is 16.1. The Kier molecular flexibility index (Phi) is 5.46. The zero-order chi connectivity index (χ0) is 15.4. The number of fused-ring (bicyclic) bond motifs is 1. The molecule has 0 spiro atoms. The number of imidazole rings is 1. The number of thioether (sulfide) groups is 2. The minimum Gasteiger partial charge on any atom is -0.481 e. The smallest absolute Gasteiger partial charge is 0.313 e. The van der Waals surface area contributed by atoms with Gasteiger partial charge in [-0.25, -0.2) is 13.8 Å². The van der Waals surface area contributed by atoms with Crippen molar-refractivity contribution in [2.24, 2.45) is 0 Å². The fraction of sp³-hybridized carbons (Fsp3) is 0.385. The summed E-state index contributed by atoms with van der Waals surface area (Å²) in [5.74, 6) is -2.14. The van der Waals surface area contributed by atoms with E-state index in [4.69, 9.17) is 5.11 Å². The predicted octanol–water partition coefficient (Wildman–Crippen LogP) is 3.24. The van der Waals surface area contributed by atoms with Gasteiger partial charge in [0.15, 0.2) is 16.8 Å². The molecule has 0 atom stereocenters. The Morgan fingerprint density at radius 1 is 1.43 bits per heavy atom. The number of halogens is 2. The SMILES string of the molecule is CSCCCn1c(SCC(=O)O)nc2ccc(F)c(F)c21. The van der Waals surface area contributed by atoms with Crippen molar-refractivity contribution in [2.75, 3.05) is 17.8 Å². The number of carboxylic acids is 1. The van der Waals surface area contributed by atoms with Gasteiger partial charge in [0.2, 0.25) is 0 Å². The monoisotopic (exact) mass is 332 g/mol. The van der Waals surface area contributed by atoms with Gasteiger partial charge in [0.25, 0.3) is 0 Å². The van der Waals surface area contributed by atoms with Gasteiger partial charge in [-0.2, -0.15) is 11.8 Å². The van der Waals surface area contributed by atoms with Gasteiger partial charge in [-0.15, -0.1) is 0 Å². The van der Waals surface area contributed by atoms with Gasteiger partial charge >= 0.3 is 5.97 Å². The minimum atomic E-state index is -0.977. The molecule has 1 aromatic carbocycles. The van der Waals surface area contributed by atoms with E-state index in [1.54, 1.807) is 16.3 Å². The van der Waals surface area contributed by atoms with E-state index in [0.29, 0.717) is 17.2 Å². The molecule has 21 heavy (non-hydrogen) atoms. The van der Waals surface area contributed by atoms with Crippen LogP contribution in [0.2, 0.25) is 0 Å². The van der Waals surface area contributed by atoms with Crippen LogP contribution < -0.4 is 0 Å². The maximum atomic E-state index is 14.0. The highest BCUT2D eigenvalue weighted by atomic mass is 32.2. The van der Waals surface area contributed by atoms with Crippen LogP contribution in [0.15, 0.2) is 17.3 Å². The van der Waals surface area contributed by atoms with Crippen molar-refractivity contribution >= 4 is 40.5 Å². The molecule has 0 fully saturated rings. The summed E-state index contributed by atoms with van der Waals surface area (Å²) >= 11 is 2.67. The van der Waals surface area contributed by atoms with Crippen LogP contribution in [0.5, 0.6) is 0 Å². The zero-order valence-corrected chi connectivity index (χ0v) is 12.9. The molecule has 0 saturated carbocycles. The molecule has 2 rings (SSSR count). The average Bonchev–Trinajstić information content (AvgIpc) is 2.80. The number of carboxylic acid groups (broad SMARTS) is 1. The lowest BCUT2D eigenvalue weighted by Gasteiger charge is -2.08. The van der Waals surface area contributed by atoms with E-state index < -0.39 is 17.6 Å². The summed E-state index contributed by atoms with van der Waals surface area (Å²) in [7, 11) is 0. The van der Waals surface area contributed by atoms with Gasteiger partial charge in [-0.3, -0.25) is 4.79 Å². The highest BCUT2D eigenvalue weighted by Gasteiger charge is 2.18. The van der Waals surface area contributed by atoms with Crippen molar-refractivity contribution in [1.82, 2.24) is 9.55 Å². The highest BCUT2D eigenvalue weighted by Crippen LogP contribution is 2.27. The van der Waals surface area contributed by atoms with E-state index in [2.05, 4.69) is 4.98 Å². The summed E-state index contributed by atoms with van der Waals surface area (Å²) in [4.78, 5) is 14.9. The molecule has 8 heteroatoms. The molecule has 1 N–H and O–H groups in total. The van der Waals surface area contributed by atoms with E-state index >= 15 is 0 Å². The fourth-order valence-electron chi connectivity index (χ4n) is 1.95. The number of aromatic nitrogens is 2. The molecule has 0 aliphatic carbocycles. The summed E-state index contributed by atoms with van der Waals surface area (Å²) in [6, 6.07) is 2.44. The molecule has 2 aromatic rings. The van der Waals surface area contributed by atoms with Crippen LogP contribution in [0.3, 0.4) is 0 Å². The van der Waals surface area contributed by atoms with Crippen molar-refractivity contribution in [3.8, 4) is 0 Å². The second-order valence-electron chi connectivity index (χ2n) is 4.30. The van der Waals surface area contributed by atoms with Crippen LogP contribution in [-0.2, 0) is 11.3 Å². The Bertz CT molecular complexity index is 661. The van der Waals surface area contributed by atoms with Gasteiger partial charge in [0, 0.05) is 6.54 Å². The quantitative estimate of drug-likeness (QED) is 0.623. The Hall–Kier alpha value is -1.28. The summed E-state index contributed by atoms with van der Waals surface area (Å²) in [5.41, 5.74) is 0.440. The topological polar surface area (TPSA) is 55.1 Å². The molecular formula is C13H14F2N2O2S2. The van der Waals surface area contributed by atoms with Gasteiger partial charge in [0.05, 0.1) is 11.3 Å². The third kappa shape index (κ3) is 3.68. The molecule has 0 amide bonds. The lowest BCUT2D eigenvalue weighted by molar-refractivity contribution is -0.133. The number of hydrogen-bond donors (Lipinski definition) is 1.